The van der Waals surface area contributed by atoms with Gasteiger partial charge in [-0.1, -0.05) is 0 Å². The molecule has 0 unspecified atom stereocenters. The number of carbonyl (C=O) groups excluding carboxylic acids is 1. The molecule has 2 rings (SSSR count). The van der Waals surface area contributed by atoms with Crippen molar-refractivity contribution in [1.82, 2.24) is 0 Å². The lowest BCUT2D eigenvalue weighted by Gasteiger charge is -2.12. The third-order valence-corrected chi connectivity index (χ3v) is 2.59. The number of benzene rings is 1. The average molecular weight is 219 g/mol. The van der Waals surface area contributed by atoms with Gasteiger partial charge < -0.3 is 9.47 Å². The molecule has 4 heteroatoms. The zero-order valence-electron chi connectivity index (χ0n) is 9.32. The van der Waals surface area contributed by atoms with Crippen molar-refractivity contribution in [3.8, 4) is 11.5 Å². The maximum atomic E-state index is 11.3. The lowest BCUT2D eigenvalue weighted by atomic mass is 10.0. The molecule has 0 atom stereocenters. The average Bonchev–Trinajstić information content (AvgIpc) is 2.47. The van der Waals surface area contributed by atoms with Crippen LogP contribution in [0.3, 0.4) is 0 Å². The predicted molar refractivity (Wildman–Crippen MR) is 60.5 cm³/mol. The Labute approximate surface area is 93.9 Å². The van der Waals surface area contributed by atoms with Gasteiger partial charge in [-0.15, -0.1) is 0 Å². The number of hydrogen-bond acceptors (Lipinski definition) is 3. The number of nitrogens with zero attached hydrogens (tertiary/aromatic N) is 1. The van der Waals surface area contributed by atoms with E-state index in [2.05, 4.69) is 4.99 Å². The van der Waals surface area contributed by atoms with E-state index in [1.165, 1.54) is 0 Å². The largest absolute Gasteiger partial charge is 0.493 e. The lowest BCUT2D eigenvalue weighted by Crippen LogP contribution is -2.01. The zero-order chi connectivity index (χ0) is 11.5. The van der Waals surface area contributed by atoms with Gasteiger partial charge in [0.2, 0.25) is 5.91 Å². The molecule has 0 aliphatic carbocycles. The third kappa shape index (κ3) is 1.91. The van der Waals surface area contributed by atoms with E-state index in [0.29, 0.717) is 24.3 Å². The summed E-state index contributed by atoms with van der Waals surface area (Å²) in [5.74, 6) is 1.21. The summed E-state index contributed by atoms with van der Waals surface area (Å²) in [6.45, 7) is 0. The number of carbonyl (C=O) groups is 1. The van der Waals surface area contributed by atoms with Gasteiger partial charge in [-0.05, 0) is 23.3 Å². The van der Waals surface area contributed by atoms with Crippen molar-refractivity contribution < 1.29 is 14.3 Å². The Kier molecular flexibility index (Phi) is 2.90. The summed E-state index contributed by atoms with van der Waals surface area (Å²) in [6, 6.07) is 3.75. The van der Waals surface area contributed by atoms with Gasteiger partial charge in [0, 0.05) is 12.6 Å². The highest BCUT2D eigenvalue weighted by atomic mass is 16.5. The summed E-state index contributed by atoms with van der Waals surface area (Å²) < 4.78 is 10.4. The maximum absolute atomic E-state index is 11.3. The molecule has 1 heterocycles. The fraction of sp³-hybridized carbons (Fsp3) is 0.333. The zero-order valence-corrected chi connectivity index (χ0v) is 9.32. The molecule has 0 N–H and O–H groups in total. The normalized spacial score (nSPS) is 14.2. The fourth-order valence-corrected chi connectivity index (χ4v) is 1.77. The van der Waals surface area contributed by atoms with E-state index in [1.54, 1.807) is 20.4 Å². The van der Waals surface area contributed by atoms with Gasteiger partial charge in [-0.25, -0.2) is 4.99 Å². The molecule has 0 radical (unpaired) electrons. The number of hydrogen-bond donors (Lipinski definition) is 0. The Morgan fingerprint density at radius 1 is 1.12 bits per heavy atom. The van der Waals surface area contributed by atoms with Crippen LogP contribution in [0.25, 0.3) is 0 Å². The van der Waals surface area contributed by atoms with Gasteiger partial charge in [-0.2, -0.15) is 0 Å². The van der Waals surface area contributed by atoms with Crippen LogP contribution in [0, 0.1) is 0 Å². The first-order valence-corrected chi connectivity index (χ1v) is 5.03. The van der Waals surface area contributed by atoms with Crippen LogP contribution in [0.2, 0.25) is 0 Å². The van der Waals surface area contributed by atoms with Crippen LogP contribution < -0.4 is 9.47 Å². The molecule has 1 aliphatic rings. The van der Waals surface area contributed by atoms with Gasteiger partial charge in [0.15, 0.2) is 11.5 Å². The number of ether oxygens (including phenoxy) is 2. The molecule has 0 aromatic heterocycles. The molecule has 1 amide bonds. The van der Waals surface area contributed by atoms with Crippen molar-refractivity contribution in [2.24, 2.45) is 4.99 Å². The molecule has 0 spiro atoms. The number of amides is 1. The SMILES string of the molecule is COc1cc2c(cc1OC)CC(=O)N=CC2. The third-order valence-electron chi connectivity index (χ3n) is 2.59. The predicted octanol–water partition coefficient (Wildman–Crippen LogP) is 1.40. The Morgan fingerprint density at radius 3 is 2.38 bits per heavy atom. The highest BCUT2D eigenvalue weighted by Crippen LogP contribution is 2.31. The Morgan fingerprint density at radius 2 is 1.75 bits per heavy atom. The van der Waals surface area contributed by atoms with E-state index >= 15 is 0 Å². The summed E-state index contributed by atoms with van der Waals surface area (Å²) >= 11 is 0. The molecule has 16 heavy (non-hydrogen) atoms. The molecule has 0 saturated carbocycles. The topological polar surface area (TPSA) is 47.9 Å². The van der Waals surface area contributed by atoms with Crippen molar-refractivity contribution in [2.75, 3.05) is 14.2 Å². The summed E-state index contributed by atoms with van der Waals surface area (Å²) in [6.07, 6.45) is 2.62. The van der Waals surface area contributed by atoms with Crippen LogP contribution >= 0.6 is 0 Å². The van der Waals surface area contributed by atoms with E-state index < -0.39 is 0 Å². The highest BCUT2D eigenvalue weighted by Gasteiger charge is 2.15. The first-order chi connectivity index (χ1) is 7.74. The second kappa shape index (κ2) is 4.35. The molecule has 0 saturated heterocycles. The van der Waals surface area contributed by atoms with Gasteiger partial charge >= 0.3 is 0 Å². The van der Waals surface area contributed by atoms with Crippen molar-refractivity contribution >= 4 is 12.1 Å². The van der Waals surface area contributed by atoms with E-state index in [0.717, 1.165) is 11.1 Å². The second-order valence-electron chi connectivity index (χ2n) is 3.56. The summed E-state index contributed by atoms with van der Waals surface area (Å²) in [5, 5.41) is 0. The van der Waals surface area contributed by atoms with Crippen LogP contribution in [-0.4, -0.2) is 26.3 Å². The van der Waals surface area contributed by atoms with Crippen molar-refractivity contribution in [2.45, 2.75) is 12.8 Å². The molecule has 0 fully saturated rings. The molecular weight excluding hydrogens is 206 g/mol. The van der Waals surface area contributed by atoms with Gasteiger partial charge in [0.1, 0.15) is 0 Å². The monoisotopic (exact) mass is 219 g/mol. The molecular formula is C12H13NO3. The van der Waals surface area contributed by atoms with Gasteiger partial charge in [0.25, 0.3) is 0 Å². The lowest BCUT2D eigenvalue weighted by molar-refractivity contribution is -0.117. The first-order valence-electron chi connectivity index (χ1n) is 5.03. The van der Waals surface area contributed by atoms with Gasteiger partial charge in [-0.3, -0.25) is 4.79 Å². The minimum Gasteiger partial charge on any atom is -0.493 e. The smallest absolute Gasteiger partial charge is 0.249 e. The fourth-order valence-electron chi connectivity index (χ4n) is 1.77. The minimum absolute atomic E-state index is 0.119. The van der Waals surface area contributed by atoms with Crippen molar-refractivity contribution in [3.05, 3.63) is 23.3 Å². The molecule has 1 aliphatic heterocycles. The number of methoxy groups -OCH3 is 2. The standard InChI is InChI=1S/C12H13NO3/c1-15-10-5-8-3-4-13-12(14)7-9(8)6-11(10)16-2/h4-6H,3,7H2,1-2H3. The van der Waals surface area contributed by atoms with E-state index in [1.807, 2.05) is 12.1 Å². The summed E-state index contributed by atoms with van der Waals surface area (Å²) in [7, 11) is 3.18. The van der Waals surface area contributed by atoms with E-state index in [-0.39, 0.29) is 5.91 Å². The van der Waals surface area contributed by atoms with Crippen LogP contribution in [0.15, 0.2) is 17.1 Å². The number of aliphatic imine (C=N–C) groups is 1. The molecule has 84 valence electrons. The first kappa shape index (κ1) is 10.7. The molecule has 4 nitrogen and oxygen atoms in total. The minimum atomic E-state index is -0.119. The van der Waals surface area contributed by atoms with Gasteiger partial charge in [0.05, 0.1) is 20.6 Å². The highest BCUT2D eigenvalue weighted by molar-refractivity contribution is 5.89. The Bertz CT molecular complexity index is 452. The van der Waals surface area contributed by atoms with E-state index in [9.17, 15) is 4.79 Å². The maximum Gasteiger partial charge on any atom is 0.249 e. The summed E-state index contributed by atoms with van der Waals surface area (Å²) in [4.78, 5) is 15.1. The van der Waals surface area contributed by atoms with Crippen LogP contribution in [0.4, 0.5) is 0 Å². The second-order valence-corrected chi connectivity index (χ2v) is 3.56. The summed E-state index contributed by atoms with van der Waals surface area (Å²) in [5.41, 5.74) is 2.02. The number of fused-ring (bicyclic) bond motifs is 1. The van der Waals surface area contributed by atoms with Crippen LogP contribution in [0.1, 0.15) is 11.1 Å². The van der Waals surface area contributed by atoms with Crippen LogP contribution in [-0.2, 0) is 17.6 Å². The van der Waals surface area contributed by atoms with Crippen LogP contribution in [0.5, 0.6) is 11.5 Å². The molecule has 0 bridgehead atoms. The quantitative estimate of drug-likeness (QED) is 0.755. The Hall–Kier alpha value is -1.84. The van der Waals surface area contributed by atoms with E-state index in [4.69, 9.17) is 9.47 Å². The van der Waals surface area contributed by atoms with Crippen molar-refractivity contribution in [1.29, 1.82) is 0 Å². The number of rotatable bonds is 2. The Balaban J connectivity index is 2.48. The van der Waals surface area contributed by atoms with Crippen molar-refractivity contribution in [3.63, 3.8) is 0 Å². The molecule has 1 aromatic carbocycles. The molecule has 1 aromatic rings.